The highest BCUT2D eigenvalue weighted by molar-refractivity contribution is 5.79. The van der Waals surface area contributed by atoms with Crippen molar-refractivity contribution in [1.29, 1.82) is 0 Å². The van der Waals surface area contributed by atoms with E-state index in [0.717, 1.165) is 58.3 Å². The van der Waals surface area contributed by atoms with Crippen molar-refractivity contribution in [3.8, 4) is 0 Å². The Hall–Kier alpha value is -0.610. The van der Waals surface area contributed by atoms with Gasteiger partial charge in [0.05, 0.1) is 0 Å². The van der Waals surface area contributed by atoms with E-state index >= 15 is 0 Å². The molecule has 4 heteroatoms. The van der Waals surface area contributed by atoms with E-state index < -0.39 is 0 Å². The standard InChI is InChI=1S/C15H27NO3/c1-12(13-6-10-19-11-7-13)15(18)16-8-2-4-14(16)5-3-9-17/h12-14,17H,2-11H2,1H3. The lowest BCUT2D eigenvalue weighted by Crippen LogP contribution is -2.42. The van der Waals surface area contributed by atoms with E-state index in [-0.39, 0.29) is 12.5 Å². The van der Waals surface area contributed by atoms with Crippen LogP contribution in [0.2, 0.25) is 0 Å². The van der Waals surface area contributed by atoms with Crippen LogP contribution in [0.1, 0.15) is 45.4 Å². The predicted molar refractivity (Wildman–Crippen MR) is 73.8 cm³/mol. The molecule has 2 heterocycles. The summed E-state index contributed by atoms with van der Waals surface area (Å²) in [5.74, 6) is 0.936. The van der Waals surface area contributed by atoms with Crippen LogP contribution < -0.4 is 0 Å². The first-order chi connectivity index (χ1) is 9.24. The van der Waals surface area contributed by atoms with Gasteiger partial charge in [0.15, 0.2) is 0 Å². The summed E-state index contributed by atoms with van der Waals surface area (Å²) in [5.41, 5.74) is 0. The van der Waals surface area contributed by atoms with Gasteiger partial charge in [-0.25, -0.2) is 0 Å². The zero-order valence-corrected chi connectivity index (χ0v) is 12.0. The van der Waals surface area contributed by atoms with Crippen LogP contribution in [0.5, 0.6) is 0 Å². The SMILES string of the molecule is CC(C(=O)N1CCCC1CCCO)C1CCOCC1. The largest absolute Gasteiger partial charge is 0.396 e. The number of carbonyl (C=O) groups is 1. The maximum Gasteiger partial charge on any atom is 0.225 e. The summed E-state index contributed by atoms with van der Waals surface area (Å²) in [6.07, 6.45) is 6.00. The van der Waals surface area contributed by atoms with Gasteiger partial charge in [0.1, 0.15) is 0 Å². The highest BCUT2D eigenvalue weighted by Gasteiger charge is 2.34. The van der Waals surface area contributed by atoms with Crippen LogP contribution in [0, 0.1) is 11.8 Å². The number of carbonyl (C=O) groups excluding carboxylic acids is 1. The molecule has 0 aromatic heterocycles. The van der Waals surface area contributed by atoms with Crippen molar-refractivity contribution < 1.29 is 14.6 Å². The Kier molecular flexibility index (Phi) is 5.64. The molecule has 0 aromatic carbocycles. The molecule has 19 heavy (non-hydrogen) atoms. The number of amides is 1. The Labute approximate surface area is 116 Å². The summed E-state index contributed by atoms with van der Waals surface area (Å²) in [6, 6.07) is 0.363. The third-order valence-electron chi connectivity index (χ3n) is 4.72. The minimum Gasteiger partial charge on any atom is -0.396 e. The van der Waals surface area contributed by atoms with Gasteiger partial charge in [0.25, 0.3) is 0 Å². The number of nitrogens with zero attached hydrogens (tertiary/aromatic N) is 1. The Balaban J connectivity index is 1.89. The number of hydrogen-bond donors (Lipinski definition) is 1. The van der Waals surface area contributed by atoms with Gasteiger partial charge in [-0.3, -0.25) is 4.79 Å². The quantitative estimate of drug-likeness (QED) is 0.828. The Morgan fingerprint density at radius 1 is 1.37 bits per heavy atom. The normalized spacial score (nSPS) is 26.6. The molecule has 0 aromatic rings. The molecule has 2 aliphatic heterocycles. The van der Waals surface area contributed by atoms with Crippen molar-refractivity contribution in [2.75, 3.05) is 26.4 Å². The topological polar surface area (TPSA) is 49.8 Å². The fourth-order valence-electron chi connectivity index (χ4n) is 3.43. The van der Waals surface area contributed by atoms with Crippen molar-refractivity contribution in [2.45, 2.75) is 51.5 Å². The van der Waals surface area contributed by atoms with Crippen LogP contribution in [0.3, 0.4) is 0 Å². The summed E-state index contributed by atoms with van der Waals surface area (Å²) in [6.45, 7) is 4.82. The summed E-state index contributed by atoms with van der Waals surface area (Å²) in [5, 5.41) is 8.95. The van der Waals surface area contributed by atoms with Gasteiger partial charge in [-0.1, -0.05) is 6.92 Å². The van der Waals surface area contributed by atoms with Crippen molar-refractivity contribution in [3.05, 3.63) is 0 Å². The number of aliphatic hydroxyl groups is 1. The molecule has 2 saturated heterocycles. The smallest absolute Gasteiger partial charge is 0.225 e. The first-order valence-electron chi connectivity index (χ1n) is 7.73. The molecule has 2 unspecified atom stereocenters. The second kappa shape index (κ2) is 7.25. The molecule has 1 amide bonds. The fraction of sp³-hybridized carbons (Fsp3) is 0.933. The van der Waals surface area contributed by atoms with Crippen molar-refractivity contribution >= 4 is 5.91 Å². The number of rotatable bonds is 5. The molecule has 2 atom stereocenters. The third kappa shape index (κ3) is 3.69. The zero-order valence-electron chi connectivity index (χ0n) is 12.0. The lowest BCUT2D eigenvalue weighted by Gasteiger charge is -2.32. The zero-order chi connectivity index (χ0) is 13.7. The van der Waals surface area contributed by atoms with Gasteiger partial charge in [-0.15, -0.1) is 0 Å². The highest BCUT2D eigenvalue weighted by atomic mass is 16.5. The molecule has 0 radical (unpaired) electrons. The number of ether oxygens (including phenoxy) is 1. The summed E-state index contributed by atoms with van der Waals surface area (Å²) in [4.78, 5) is 14.7. The van der Waals surface area contributed by atoms with Gasteiger partial charge < -0.3 is 14.7 Å². The van der Waals surface area contributed by atoms with E-state index in [1.54, 1.807) is 0 Å². The second-order valence-electron chi connectivity index (χ2n) is 5.93. The molecule has 2 aliphatic rings. The number of hydrogen-bond acceptors (Lipinski definition) is 3. The van der Waals surface area contributed by atoms with E-state index in [1.807, 2.05) is 0 Å². The summed E-state index contributed by atoms with van der Waals surface area (Å²) < 4.78 is 5.38. The molecule has 0 spiro atoms. The second-order valence-corrected chi connectivity index (χ2v) is 5.93. The Morgan fingerprint density at radius 3 is 2.79 bits per heavy atom. The highest BCUT2D eigenvalue weighted by Crippen LogP contribution is 2.29. The van der Waals surface area contributed by atoms with Crippen LogP contribution in [0.25, 0.3) is 0 Å². The van der Waals surface area contributed by atoms with Crippen LogP contribution in [0.4, 0.5) is 0 Å². The molecule has 4 nitrogen and oxygen atoms in total. The third-order valence-corrected chi connectivity index (χ3v) is 4.72. The first kappa shape index (κ1) is 14.8. The Bertz CT molecular complexity index is 289. The maximum atomic E-state index is 12.6. The maximum absolute atomic E-state index is 12.6. The van der Waals surface area contributed by atoms with Crippen molar-refractivity contribution in [1.82, 2.24) is 4.90 Å². The van der Waals surface area contributed by atoms with E-state index in [2.05, 4.69) is 11.8 Å². The monoisotopic (exact) mass is 269 g/mol. The fourth-order valence-corrected chi connectivity index (χ4v) is 3.43. The summed E-state index contributed by atoms with van der Waals surface area (Å²) in [7, 11) is 0. The molecule has 110 valence electrons. The minimum absolute atomic E-state index is 0.124. The average Bonchev–Trinajstić information content (AvgIpc) is 2.92. The molecule has 0 aliphatic carbocycles. The Morgan fingerprint density at radius 2 is 2.11 bits per heavy atom. The molecule has 2 rings (SSSR count). The van der Waals surface area contributed by atoms with Crippen molar-refractivity contribution in [3.63, 3.8) is 0 Å². The van der Waals surface area contributed by atoms with E-state index in [0.29, 0.717) is 17.9 Å². The van der Waals surface area contributed by atoms with Crippen molar-refractivity contribution in [2.24, 2.45) is 11.8 Å². The van der Waals surface area contributed by atoms with Crippen LogP contribution in [0.15, 0.2) is 0 Å². The van der Waals surface area contributed by atoms with Gasteiger partial charge in [0, 0.05) is 38.3 Å². The molecule has 1 N–H and O–H groups in total. The van der Waals surface area contributed by atoms with E-state index in [9.17, 15) is 4.79 Å². The molecular formula is C15H27NO3. The molecule has 2 fully saturated rings. The van der Waals surface area contributed by atoms with Gasteiger partial charge >= 0.3 is 0 Å². The number of likely N-dealkylation sites (tertiary alicyclic amines) is 1. The summed E-state index contributed by atoms with van der Waals surface area (Å²) >= 11 is 0. The van der Waals surface area contributed by atoms with E-state index in [1.165, 1.54) is 0 Å². The van der Waals surface area contributed by atoms with Gasteiger partial charge in [-0.2, -0.15) is 0 Å². The van der Waals surface area contributed by atoms with Gasteiger partial charge in [0.2, 0.25) is 5.91 Å². The molecule has 0 bridgehead atoms. The van der Waals surface area contributed by atoms with Gasteiger partial charge in [-0.05, 0) is 44.4 Å². The predicted octanol–water partition coefficient (Wildman–Crippen LogP) is 1.81. The van der Waals surface area contributed by atoms with Crippen LogP contribution in [-0.2, 0) is 9.53 Å². The number of aliphatic hydroxyl groups excluding tert-OH is 1. The first-order valence-corrected chi connectivity index (χ1v) is 7.73. The lowest BCUT2D eigenvalue weighted by molar-refractivity contribution is -0.138. The molecular weight excluding hydrogens is 242 g/mol. The lowest BCUT2D eigenvalue weighted by atomic mass is 9.86. The minimum atomic E-state index is 0.124. The van der Waals surface area contributed by atoms with Crippen LogP contribution in [-0.4, -0.2) is 48.3 Å². The molecule has 0 saturated carbocycles. The average molecular weight is 269 g/mol. The van der Waals surface area contributed by atoms with E-state index in [4.69, 9.17) is 9.84 Å². The van der Waals surface area contributed by atoms with Crippen LogP contribution >= 0.6 is 0 Å².